The van der Waals surface area contributed by atoms with Crippen LogP contribution < -0.4 is 11.1 Å². The second-order valence-corrected chi connectivity index (χ2v) is 4.47. The number of aromatic nitrogens is 2. The number of rotatable bonds is 1. The Morgan fingerprint density at radius 1 is 1.50 bits per heavy atom. The van der Waals surface area contributed by atoms with Gasteiger partial charge in [0.1, 0.15) is 5.82 Å². The minimum absolute atomic E-state index is 0.0366. The van der Waals surface area contributed by atoms with E-state index in [0.717, 1.165) is 0 Å². The number of piperidine rings is 1. The van der Waals surface area contributed by atoms with E-state index in [9.17, 15) is 9.18 Å². The van der Waals surface area contributed by atoms with Crippen LogP contribution in [0.4, 0.5) is 10.3 Å². The van der Waals surface area contributed by atoms with E-state index < -0.39 is 0 Å². The molecule has 0 radical (unpaired) electrons. The molecule has 18 heavy (non-hydrogen) atoms. The van der Waals surface area contributed by atoms with Gasteiger partial charge in [0.15, 0.2) is 0 Å². The number of hydrogen-bond donors (Lipinski definition) is 2. The number of fused-ring (bicyclic) bond motifs is 1. The second-order valence-electron chi connectivity index (χ2n) is 4.47. The molecule has 1 aliphatic rings. The third kappa shape index (κ3) is 1.70. The molecule has 1 saturated heterocycles. The molecule has 5 nitrogen and oxygen atoms in total. The van der Waals surface area contributed by atoms with Crippen molar-refractivity contribution >= 4 is 22.9 Å². The monoisotopic (exact) mass is 248 g/mol. The van der Waals surface area contributed by atoms with Crippen LogP contribution in [-0.4, -0.2) is 22.0 Å². The number of nitrogens with one attached hydrogen (secondary N) is 1. The fraction of sp³-hybridized carbons (Fsp3) is 0.333. The minimum Gasteiger partial charge on any atom is -0.369 e. The molecule has 94 valence electrons. The number of nitrogens with two attached hydrogens (primary N) is 1. The van der Waals surface area contributed by atoms with Gasteiger partial charge in [-0.05, 0) is 24.6 Å². The Morgan fingerprint density at radius 2 is 2.33 bits per heavy atom. The van der Waals surface area contributed by atoms with Gasteiger partial charge in [0, 0.05) is 13.0 Å². The average Bonchev–Trinajstić information content (AvgIpc) is 2.66. The van der Waals surface area contributed by atoms with E-state index in [4.69, 9.17) is 5.73 Å². The van der Waals surface area contributed by atoms with Crippen molar-refractivity contribution in [3.05, 3.63) is 24.0 Å². The van der Waals surface area contributed by atoms with Gasteiger partial charge in [-0.15, -0.1) is 0 Å². The molecular formula is C12H13FN4O. The zero-order valence-electron chi connectivity index (χ0n) is 9.69. The Kier molecular flexibility index (Phi) is 2.43. The number of hydrogen-bond acceptors (Lipinski definition) is 3. The predicted octanol–water partition coefficient (Wildman–Crippen LogP) is 1.21. The van der Waals surface area contributed by atoms with Gasteiger partial charge < -0.3 is 15.6 Å². The minimum atomic E-state index is -0.316. The number of anilines is 1. The number of benzene rings is 1. The average molecular weight is 248 g/mol. The molecule has 2 heterocycles. The first-order chi connectivity index (χ1) is 8.65. The Labute approximate surface area is 103 Å². The van der Waals surface area contributed by atoms with Gasteiger partial charge in [-0.2, -0.15) is 0 Å². The van der Waals surface area contributed by atoms with Crippen LogP contribution in [0.5, 0.6) is 0 Å². The summed E-state index contributed by atoms with van der Waals surface area (Å²) in [5.41, 5.74) is 7.23. The molecule has 1 fully saturated rings. The summed E-state index contributed by atoms with van der Waals surface area (Å²) in [5.74, 6) is 0.0840. The van der Waals surface area contributed by atoms with Crippen molar-refractivity contribution in [2.45, 2.75) is 18.9 Å². The number of nitrogens with zero attached hydrogens (tertiary/aromatic N) is 2. The van der Waals surface area contributed by atoms with Crippen LogP contribution in [0.1, 0.15) is 18.9 Å². The van der Waals surface area contributed by atoms with Crippen LogP contribution in [0.15, 0.2) is 18.2 Å². The summed E-state index contributed by atoms with van der Waals surface area (Å²) >= 11 is 0. The summed E-state index contributed by atoms with van der Waals surface area (Å²) in [6.07, 6.45) is 1.15. The highest BCUT2D eigenvalue weighted by Gasteiger charge is 2.23. The van der Waals surface area contributed by atoms with Crippen molar-refractivity contribution in [2.24, 2.45) is 0 Å². The van der Waals surface area contributed by atoms with Crippen molar-refractivity contribution < 1.29 is 9.18 Å². The summed E-state index contributed by atoms with van der Waals surface area (Å²) in [4.78, 5) is 15.4. The van der Waals surface area contributed by atoms with Gasteiger partial charge in [-0.3, -0.25) is 4.79 Å². The van der Waals surface area contributed by atoms with Crippen molar-refractivity contribution in [2.75, 3.05) is 12.3 Å². The zero-order valence-corrected chi connectivity index (χ0v) is 9.69. The normalized spacial score (nSPS) is 20.1. The summed E-state index contributed by atoms with van der Waals surface area (Å²) in [7, 11) is 0. The second kappa shape index (κ2) is 3.97. The molecule has 3 N–H and O–H groups in total. The lowest BCUT2D eigenvalue weighted by Gasteiger charge is -2.25. The van der Waals surface area contributed by atoms with E-state index in [2.05, 4.69) is 10.3 Å². The molecule has 0 spiro atoms. The highest BCUT2D eigenvalue weighted by Crippen LogP contribution is 2.27. The molecule has 1 atom stereocenters. The first kappa shape index (κ1) is 11.0. The predicted molar refractivity (Wildman–Crippen MR) is 65.4 cm³/mol. The highest BCUT2D eigenvalue weighted by molar-refractivity contribution is 5.79. The molecule has 0 aliphatic carbocycles. The number of carbonyl (C=O) groups excluding carboxylic acids is 1. The summed E-state index contributed by atoms with van der Waals surface area (Å²) in [6, 6.07) is 4.44. The molecule has 0 bridgehead atoms. The molecule has 1 aliphatic heterocycles. The van der Waals surface area contributed by atoms with Crippen LogP contribution in [0.3, 0.4) is 0 Å². The lowest BCUT2D eigenvalue weighted by Crippen LogP contribution is -2.36. The standard InChI is InChI=1S/C12H13FN4O/c13-7-1-3-9-10(5-7)17(12(14)16-9)8-2-4-11(18)15-6-8/h1,3,5,8H,2,4,6H2,(H2,14,16)(H,15,18). The van der Waals surface area contributed by atoms with E-state index >= 15 is 0 Å². The van der Waals surface area contributed by atoms with Crippen molar-refractivity contribution in [3.63, 3.8) is 0 Å². The Hall–Kier alpha value is -2.11. The van der Waals surface area contributed by atoms with E-state index in [1.54, 1.807) is 10.6 Å². The Balaban J connectivity index is 2.07. The smallest absolute Gasteiger partial charge is 0.220 e. The maximum Gasteiger partial charge on any atom is 0.220 e. The molecule has 1 aromatic heterocycles. The first-order valence-electron chi connectivity index (χ1n) is 5.85. The third-order valence-electron chi connectivity index (χ3n) is 3.28. The van der Waals surface area contributed by atoms with E-state index in [-0.39, 0.29) is 17.8 Å². The van der Waals surface area contributed by atoms with E-state index in [1.165, 1.54) is 12.1 Å². The molecule has 0 saturated carbocycles. The number of nitrogen functional groups attached to an aromatic ring is 1. The summed E-state index contributed by atoms with van der Waals surface area (Å²) < 4.78 is 15.1. The Bertz CT molecular complexity index is 612. The van der Waals surface area contributed by atoms with Crippen LogP contribution in [-0.2, 0) is 4.79 Å². The van der Waals surface area contributed by atoms with Crippen LogP contribution in [0.2, 0.25) is 0 Å². The third-order valence-corrected chi connectivity index (χ3v) is 3.28. The topological polar surface area (TPSA) is 72.9 Å². The number of carbonyl (C=O) groups is 1. The molecule has 1 amide bonds. The maximum atomic E-state index is 13.3. The zero-order chi connectivity index (χ0) is 12.7. The lowest BCUT2D eigenvalue weighted by atomic mass is 10.1. The maximum absolute atomic E-state index is 13.3. The lowest BCUT2D eigenvalue weighted by molar-refractivity contribution is -0.122. The quantitative estimate of drug-likeness (QED) is 0.796. The SMILES string of the molecule is Nc1nc2ccc(F)cc2n1C1CCC(=O)NC1. The van der Waals surface area contributed by atoms with Gasteiger partial charge in [0.2, 0.25) is 11.9 Å². The van der Waals surface area contributed by atoms with Crippen LogP contribution in [0.25, 0.3) is 11.0 Å². The summed E-state index contributed by atoms with van der Waals surface area (Å²) in [5, 5.41) is 2.79. The Morgan fingerprint density at radius 3 is 3.06 bits per heavy atom. The van der Waals surface area contributed by atoms with Crippen LogP contribution >= 0.6 is 0 Å². The molecule has 3 rings (SSSR count). The molecule has 6 heteroatoms. The largest absolute Gasteiger partial charge is 0.369 e. The number of halogens is 1. The summed E-state index contributed by atoms with van der Waals surface area (Å²) in [6.45, 7) is 0.505. The molecule has 1 aromatic carbocycles. The fourth-order valence-electron chi connectivity index (χ4n) is 2.41. The number of imidazole rings is 1. The van der Waals surface area contributed by atoms with Crippen molar-refractivity contribution in [3.8, 4) is 0 Å². The molecule has 1 unspecified atom stereocenters. The van der Waals surface area contributed by atoms with Gasteiger partial charge in [0.25, 0.3) is 0 Å². The first-order valence-corrected chi connectivity index (χ1v) is 5.85. The van der Waals surface area contributed by atoms with Gasteiger partial charge >= 0.3 is 0 Å². The fourth-order valence-corrected chi connectivity index (χ4v) is 2.41. The molecule has 2 aromatic rings. The van der Waals surface area contributed by atoms with Crippen molar-refractivity contribution in [1.82, 2.24) is 14.9 Å². The van der Waals surface area contributed by atoms with Crippen LogP contribution in [0, 0.1) is 5.82 Å². The van der Waals surface area contributed by atoms with Crippen molar-refractivity contribution in [1.29, 1.82) is 0 Å². The van der Waals surface area contributed by atoms with Gasteiger partial charge in [-0.1, -0.05) is 0 Å². The highest BCUT2D eigenvalue weighted by atomic mass is 19.1. The molecular weight excluding hydrogens is 235 g/mol. The van der Waals surface area contributed by atoms with Gasteiger partial charge in [-0.25, -0.2) is 9.37 Å². The van der Waals surface area contributed by atoms with E-state index in [0.29, 0.717) is 36.4 Å². The number of amides is 1. The van der Waals surface area contributed by atoms with Gasteiger partial charge in [0.05, 0.1) is 17.1 Å². The van der Waals surface area contributed by atoms with E-state index in [1.807, 2.05) is 0 Å².